The number of benzene rings is 1. The second-order valence-corrected chi connectivity index (χ2v) is 7.58. The first-order valence-electron chi connectivity index (χ1n) is 10.6. The number of aromatic nitrogens is 4. The Labute approximate surface area is 213 Å². The summed E-state index contributed by atoms with van der Waals surface area (Å²) in [6.07, 6.45) is 1.06. The van der Waals surface area contributed by atoms with Gasteiger partial charge in [0, 0.05) is 6.92 Å². The lowest BCUT2D eigenvalue weighted by Crippen LogP contribution is -2.35. The minimum absolute atomic E-state index is 0.0221. The topological polar surface area (TPSA) is 236 Å². The van der Waals surface area contributed by atoms with Gasteiger partial charge in [0.05, 0.1) is 23.1 Å². The van der Waals surface area contributed by atoms with Crippen molar-refractivity contribution < 1.29 is 34.5 Å². The number of hydrogen-bond donors (Lipinski definition) is 4. The molecular weight excluding hydrogens is 502 g/mol. The van der Waals surface area contributed by atoms with Crippen LogP contribution < -0.4 is 10.2 Å². The second-order valence-electron chi connectivity index (χ2n) is 7.58. The Hall–Kier alpha value is -5.72. The maximum absolute atomic E-state index is 11.7. The summed E-state index contributed by atoms with van der Waals surface area (Å²) in [5.41, 5.74) is 0.799. The molecule has 2 aromatic heterocycles. The van der Waals surface area contributed by atoms with Crippen molar-refractivity contribution in [2.45, 2.75) is 13.8 Å². The maximum atomic E-state index is 11.7. The van der Waals surface area contributed by atoms with Crippen LogP contribution in [0.4, 0.5) is 23.3 Å². The zero-order chi connectivity index (χ0) is 28.0. The van der Waals surface area contributed by atoms with E-state index < -0.39 is 36.9 Å². The molecule has 16 nitrogen and oxygen atoms in total. The number of carboxylic acids is 3. The van der Waals surface area contributed by atoms with Crippen molar-refractivity contribution in [2.75, 3.05) is 23.3 Å². The predicted octanol–water partition coefficient (Wildman–Crippen LogP) is 1.89. The molecule has 0 bridgehead atoms. The number of aryl methyl sites for hydroxylation is 1. The summed E-state index contributed by atoms with van der Waals surface area (Å²) in [7, 11) is 0. The van der Waals surface area contributed by atoms with Crippen molar-refractivity contribution in [3.05, 3.63) is 47.3 Å². The molecule has 0 aliphatic rings. The number of carbonyl (C=O) groups is 4. The standard InChI is InChI=1S/C22H19N9O7/c1-11-15(7-23)21(31(29-11)14-5-3-13(4-6-14)22(37)38)28-27-19-20(25-12(2)32)26-16(8-24-19)30(9-17(33)34)10-18(35)36/h3-6,8H,9-10H2,1-2H3,(H,33,34)(H,35,36)(H,37,38)(H,25,26,32). The van der Waals surface area contributed by atoms with Crippen molar-refractivity contribution in [1.82, 2.24) is 19.7 Å². The second kappa shape index (κ2) is 11.3. The Morgan fingerprint density at radius 3 is 2.24 bits per heavy atom. The van der Waals surface area contributed by atoms with E-state index in [-0.39, 0.29) is 34.4 Å². The van der Waals surface area contributed by atoms with Gasteiger partial charge in [-0.1, -0.05) is 0 Å². The van der Waals surface area contributed by atoms with Crippen LogP contribution in [0.5, 0.6) is 0 Å². The van der Waals surface area contributed by atoms with Gasteiger partial charge in [0.15, 0.2) is 17.5 Å². The number of carbonyl (C=O) groups excluding carboxylic acids is 1. The number of nitrogens with zero attached hydrogens (tertiary/aromatic N) is 8. The lowest BCUT2D eigenvalue weighted by atomic mass is 10.2. The number of azo groups is 1. The molecule has 0 saturated carbocycles. The summed E-state index contributed by atoms with van der Waals surface area (Å²) in [6, 6.07) is 7.60. The molecular formula is C22H19N9O7. The van der Waals surface area contributed by atoms with E-state index in [1.54, 1.807) is 6.92 Å². The molecule has 38 heavy (non-hydrogen) atoms. The average Bonchev–Trinajstić information content (AvgIpc) is 3.16. The van der Waals surface area contributed by atoms with Crippen molar-refractivity contribution in [1.29, 1.82) is 5.26 Å². The van der Waals surface area contributed by atoms with E-state index >= 15 is 0 Å². The molecule has 0 atom stereocenters. The Morgan fingerprint density at radius 2 is 1.71 bits per heavy atom. The van der Waals surface area contributed by atoms with Gasteiger partial charge in [0.2, 0.25) is 11.7 Å². The van der Waals surface area contributed by atoms with Gasteiger partial charge in [-0.15, -0.1) is 10.2 Å². The normalized spacial score (nSPS) is 10.7. The summed E-state index contributed by atoms with van der Waals surface area (Å²) in [4.78, 5) is 54.3. The lowest BCUT2D eigenvalue weighted by Gasteiger charge is -2.19. The monoisotopic (exact) mass is 521 g/mol. The number of carboxylic acid groups (broad SMARTS) is 3. The smallest absolute Gasteiger partial charge is 0.335 e. The molecule has 4 N–H and O–H groups in total. The van der Waals surface area contributed by atoms with Crippen molar-refractivity contribution in [3.63, 3.8) is 0 Å². The van der Waals surface area contributed by atoms with Crippen LogP contribution >= 0.6 is 0 Å². The minimum atomic E-state index is -1.32. The molecule has 0 fully saturated rings. The number of rotatable bonds is 10. The van der Waals surface area contributed by atoms with Gasteiger partial charge in [-0.25, -0.2) is 19.4 Å². The van der Waals surface area contributed by atoms with Crippen molar-refractivity contribution in [3.8, 4) is 11.8 Å². The number of nitrogens with one attached hydrogen (secondary N) is 1. The number of aliphatic carboxylic acids is 2. The number of hydrogen-bond acceptors (Lipinski definition) is 11. The molecule has 1 aromatic carbocycles. The molecule has 0 unspecified atom stereocenters. The van der Waals surface area contributed by atoms with Crippen molar-refractivity contribution in [2.24, 2.45) is 10.2 Å². The first-order chi connectivity index (χ1) is 18.0. The van der Waals surface area contributed by atoms with Gasteiger partial charge in [0.25, 0.3) is 0 Å². The molecule has 16 heteroatoms. The highest BCUT2D eigenvalue weighted by Gasteiger charge is 2.20. The van der Waals surface area contributed by atoms with E-state index in [4.69, 9.17) is 15.3 Å². The molecule has 3 rings (SSSR count). The van der Waals surface area contributed by atoms with Crippen LogP contribution in [0.25, 0.3) is 5.69 Å². The minimum Gasteiger partial charge on any atom is -0.480 e. The molecule has 0 aliphatic heterocycles. The molecule has 1 amide bonds. The Morgan fingerprint density at radius 1 is 1.08 bits per heavy atom. The van der Waals surface area contributed by atoms with Crippen LogP contribution in [0.15, 0.2) is 40.7 Å². The largest absolute Gasteiger partial charge is 0.480 e. The fraction of sp³-hybridized carbons (Fsp3) is 0.182. The van der Waals surface area contributed by atoms with E-state index in [1.165, 1.54) is 35.9 Å². The summed E-state index contributed by atoms with van der Waals surface area (Å²) in [5, 5.41) is 51.7. The van der Waals surface area contributed by atoms with Gasteiger partial charge >= 0.3 is 17.9 Å². The zero-order valence-corrected chi connectivity index (χ0v) is 19.9. The molecule has 0 spiro atoms. The van der Waals surface area contributed by atoms with Crippen LogP contribution in [0.3, 0.4) is 0 Å². The van der Waals surface area contributed by atoms with E-state index in [0.717, 1.165) is 11.1 Å². The highest BCUT2D eigenvalue weighted by atomic mass is 16.4. The quantitative estimate of drug-likeness (QED) is 0.280. The molecule has 3 aromatic rings. The first-order valence-corrected chi connectivity index (χ1v) is 10.6. The molecule has 2 heterocycles. The predicted molar refractivity (Wildman–Crippen MR) is 128 cm³/mol. The first kappa shape index (κ1) is 26.9. The van der Waals surface area contributed by atoms with Gasteiger partial charge < -0.3 is 25.5 Å². The Kier molecular flexibility index (Phi) is 8.02. The number of amides is 1. The maximum Gasteiger partial charge on any atom is 0.335 e. The Balaban J connectivity index is 2.07. The van der Waals surface area contributed by atoms with E-state index in [0.29, 0.717) is 11.4 Å². The van der Waals surface area contributed by atoms with Gasteiger partial charge in [-0.3, -0.25) is 14.4 Å². The zero-order valence-electron chi connectivity index (χ0n) is 19.9. The summed E-state index contributed by atoms with van der Waals surface area (Å²) < 4.78 is 1.27. The molecule has 0 saturated heterocycles. The Bertz CT molecular complexity index is 1470. The summed E-state index contributed by atoms with van der Waals surface area (Å²) in [5.74, 6) is -4.99. The van der Waals surface area contributed by atoms with Crippen LogP contribution in [0.1, 0.15) is 28.5 Å². The molecule has 0 aliphatic carbocycles. The van der Waals surface area contributed by atoms with Gasteiger partial charge in [-0.2, -0.15) is 10.4 Å². The highest BCUT2D eigenvalue weighted by molar-refractivity contribution is 5.90. The van der Waals surface area contributed by atoms with Gasteiger partial charge in [0.1, 0.15) is 24.7 Å². The number of nitriles is 1. The van der Waals surface area contributed by atoms with Crippen LogP contribution in [0.2, 0.25) is 0 Å². The fourth-order valence-electron chi connectivity index (χ4n) is 3.15. The third-order valence-electron chi connectivity index (χ3n) is 4.76. The summed E-state index contributed by atoms with van der Waals surface area (Å²) >= 11 is 0. The van der Waals surface area contributed by atoms with Gasteiger partial charge in [-0.05, 0) is 31.2 Å². The average molecular weight is 521 g/mol. The van der Waals surface area contributed by atoms with Crippen LogP contribution in [-0.2, 0) is 14.4 Å². The van der Waals surface area contributed by atoms with E-state index in [9.17, 15) is 24.4 Å². The van der Waals surface area contributed by atoms with E-state index in [2.05, 4.69) is 30.6 Å². The highest BCUT2D eigenvalue weighted by Crippen LogP contribution is 2.30. The lowest BCUT2D eigenvalue weighted by molar-refractivity contribution is -0.136. The van der Waals surface area contributed by atoms with Crippen LogP contribution in [0, 0.1) is 18.3 Å². The molecule has 0 radical (unpaired) electrons. The van der Waals surface area contributed by atoms with E-state index in [1.807, 2.05) is 6.07 Å². The third-order valence-corrected chi connectivity index (χ3v) is 4.76. The fourth-order valence-corrected chi connectivity index (χ4v) is 3.15. The summed E-state index contributed by atoms with van der Waals surface area (Å²) in [6.45, 7) is 1.34. The third kappa shape index (κ3) is 6.28. The number of aromatic carboxylic acids is 1. The van der Waals surface area contributed by atoms with Crippen LogP contribution in [-0.4, -0.2) is 72.0 Å². The number of anilines is 2. The van der Waals surface area contributed by atoms with Crippen molar-refractivity contribution >= 4 is 47.1 Å². The SMILES string of the molecule is CC(=O)Nc1nc(N(CC(=O)O)CC(=O)O)cnc1N=Nc1c(C#N)c(C)nn1-c1ccc(C(=O)O)cc1. The molecule has 194 valence electrons.